The van der Waals surface area contributed by atoms with E-state index >= 15 is 0 Å². The normalized spacial score (nSPS) is 21.5. The monoisotopic (exact) mass is 385 g/mol. The summed E-state index contributed by atoms with van der Waals surface area (Å²) in [4.78, 5) is 13.7. The van der Waals surface area contributed by atoms with Crippen molar-refractivity contribution in [1.82, 2.24) is 4.90 Å². The summed E-state index contributed by atoms with van der Waals surface area (Å²) in [6.45, 7) is 1.10. The van der Waals surface area contributed by atoms with E-state index in [1.165, 1.54) is 0 Å². The summed E-state index contributed by atoms with van der Waals surface area (Å²) >= 11 is 2.28. The minimum atomic E-state index is -0.352. The Morgan fingerprint density at radius 1 is 1.45 bits per heavy atom. The first-order chi connectivity index (χ1) is 9.72. The molecule has 1 saturated heterocycles. The fourth-order valence-electron chi connectivity index (χ4n) is 2.05. The number of hydrogen-bond donors (Lipinski definition) is 0. The SMILES string of the molecule is C#CCO[C@H]1[C@H](I)CCN1C(=O)OCc1ccccc1. The van der Waals surface area contributed by atoms with E-state index in [9.17, 15) is 4.79 Å². The average Bonchev–Trinajstić information content (AvgIpc) is 2.85. The number of amides is 1. The Balaban J connectivity index is 1.89. The van der Waals surface area contributed by atoms with Crippen LogP contribution in [0, 0.1) is 12.3 Å². The van der Waals surface area contributed by atoms with Crippen LogP contribution in [0.5, 0.6) is 0 Å². The number of nitrogens with zero attached hydrogens (tertiary/aromatic N) is 1. The van der Waals surface area contributed by atoms with E-state index in [-0.39, 0.29) is 29.5 Å². The molecular formula is C15H16INO3. The molecule has 5 heteroatoms. The molecule has 1 aromatic rings. The largest absolute Gasteiger partial charge is 0.444 e. The van der Waals surface area contributed by atoms with Crippen molar-refractivity contribution in [2.24, 2.45) is 0 Å². The zero-order valence-corrected chi connectivity index (χ0v) is 13.2. The van der Waals surface area contributed by atoms with Crippen LogP contribution in [0.25, 0.3) is 0 Å². The molecule has 1 heterocycles. The van der Waals surface area contributed by atoms with E-state index in [4.69, 9.17) is 15.9 Å². The van der Waals surface area contributed by atoms with Crippen molar-refractivity contribution in [2.45, 2.75) is 23.2 Å². The molecule has 106 valence electrons. The Labute approximate surface area is 132 Å². The number of alkyl halides is 1. The van der Waals surface area contributed by atoms with Crippen molar-refractivity contribution in [3.63, 3.8) is 0 Å². The van der Waals surface area contributed by atoms with Crippen LogP contribution in [-0.2, 0) is 16.1 Å². The molecule has 2 rings (SSSR count). The van der Waals surface area contributed by atoms with Crippen molar-refractivity contribution in [2.75, 3.05) is 13.2 Å². The summed E-state index contributed by atoms with van der Waals surface area (Å²) in [5.74, 6) is 2.43. The summed E-state index contributed by atoms with van der Waals surface area (Å²) in [7, 11) is 0. The Hall–Kier alpha value is -1.26. The zero-order chi connectivity index (χ0) is 14.4. The minimum Gasteiger partial charge on any atom is -0.444 e. The van der Waals surface area contributed by atoms with Gasteiger partial charge in [-0.3, -0.25) is 4.90 Å². The maximum atomic E-state index is 12.1. The molecule has 1 aliphatic rings. The van der Waals surface area contributed by atoms with Crippen LogP contribution in [0.3, 0.4) is 0 Å². The fourth-order valence-corrected chi connectivity index (χ4v) is 2.93. The zero-order valence-electron chi connectivity index (χ0n) is 11.0. The summed E-state index contributed by atoms with van der Waals surface area (Å²) < 4.78 is 11.1. The Morgan fingerprint density at radius 2 is 2.20 bits per heavy atom. The molecule has 0 saturated carbocycles. The molecule has 4 nitrogen and oxygen atoms in total. The first-order valence-corrected chi connectivity index (χ1v) is 7.63. The second-order valence-corrected chi connectivity index (χ2v) is 6.04. The van der Waals surface area contributed by atoms with Gasteiger partial charge in [0.1, 0.15) is 19.4 Å². The predicted octanol–water partition coefficient (Wildman–Crippen LogP) is 2.81. The highest BCUT2D eigenvalue weighted by molar-refractivity contribution is 14.1. The summed E-state index contributed by atoms with van der Waals surface area (Å²) in [5.41, 5.74) is 0.965. The number of rotatable bonds is 4. The van der Waals surface area contributed by atoms with Gasteiger partial charge >= 0.3 is 6.09 Å². The van der Waals surface area contributed by atoms with E-state index in [2.05, 4.69) is 28.5 Å². The third-order valence-corrected chi connectivity index (χ3v) is 4.28. The van der Waals surface area contributed by atoms with Gasteiger partial charge in [0.05, 0.1) is 3.92 Å². The van der Waals surface area contributed by atoms with Crippen molar-refractivity contribution >= 4 is 28.7 Å². The number of hydrogen-bond acceptors (Lipinski definition) is 3. The van der Waals surface area contributed by atoms with Crippen LogP contribution in [0.2, 0.25) is 0 Å². The van der Waals surface area contributed by atoms with Crippen molar-refractivity contribution in [1.29, 1.82) is 0 Å². The Bertz CT molecular complexity index is 486. The number of carbonyl (C=O) groups is 1. The second-order valence-electron chi connectivity index (χ2n) is 4.44. The van der Waals surface area contributed by atoms with Gasteiger partial charge in [0, 0.05) is 6.54 Å². The van der Waals surface area contributed by atoms with Gasteiger partial charge in [0.15, 0.2) is 0 Å². The van der Waals surface area contributed by atoms with E-state index in [1.807, 2.05) is 30.3 Å². The summed E-state index contributed by atoms with van der Waals surface area (Å²) in [6, 6.07) is 9.60. The molecule has 1 amide bonds. The number of terminal acetylenes is 1. The number of likely N-dealkylation sites (tertiary alicyclic amines) is 1. The number of carbonyl (C=O) groups excluding carboxylic acids is 1. The Kier molecular flexibility index (Phi) is 5.68. The Morgan fingerprint density at radius 3 is 2.90 bits per heavy atom. The van der Waals surface area contributed by atoms with Crippen LogP contribution in [0.15, 0.2) is 30.3 Å². The molecule has 1 aromatic carbocycles. The van der Waals surface area contributed by atoms with Gasteiger partial charge in [-0.25, -0.2) is 4.79 Å². The molecule has 1 aliphatic heterocycles. The molecule has 0 spiro atoms. The van der Waals surface area contributed by atoms with Gasteiger partial charge in [-0.15, -0.1) is 6.42 Å². The molecule has 0 aromatic heterocycles. The fraction of sp³-hybridized carbons (Fsp3) is 0.400. The lowest BCUT2D eigenvalue weighted by molar-refractivity contribution is -0.0160. The standard InChI is InChI=1S/C15H16INO3/c1-2-10-19-14-13(16)8-9-17(14)15(18)20-11-12-6-4-3-5-7-12/h1,3-7,13-14H,8-11H2/t13-,14+/m1/s1. The summed E-state index contributed by atoms with van der Waals surface area (Å²) in [6.07, 6.45) is 5.43. The molecule has 0 bridgehead atoms. The molecule has 20 heavy (non-hydrogen) atoms. The van der Waals surface area contributed by atoms with Gasteiger partial charge in [0.25, 0.3) is 0 Å². The van der Waals surface area contributed by atoms with Gasteiger partial charge in [-0.05, 0) is 12.0 Å². The van der Waals surface area contributed by atoms with Crippen LogP contribution < -0.4 is 0 Å². The van der Waals surface area contributed by atoms with Gasteiger partial charge < -0.3 is 9.47 Å². The molecule has 0 radical (unpaired) electrons. The first-order valence-electron chi connectivity index (χ1n) is 6.39. The maximum Gasteiger partial charge on any atom is 0.412 e. The van der Waals surface area contributed by atoms with Crippen LogP contribution in [0.4, 0.5) is 4.79 Å². The van der Waals surface area contributed by atoms with Gasteiger partial charge in [-0.1, -0.05) is 58.8 Å². The van der Waals surface area contributed by atoms with Crippen LogP contribution in [0.1, 0.15) is 12.0 Å². The smallest absolute Gasteiger partial charge is 0.412 e. The van der Waals surface area contributed by atoms with E-state index in [0.29, 0.717) is 6.54 Å². The van der Waals surface area contributed by atoms with Crippen molar-refractivity contribution in [3.8, 4) is 12.3 Å². The third kappa shape index (κ3) is 3.87. The van der Waals surface area contributed by atoms with Crippen molar-refractivity contribution in [3.05, 3.63) is 35.9 Å². The molecular weight excluding hydrogens is 369 g/mol. The number of halogens is 1. The lowest BCUT2D eigenvalue weighted by atomic mass is 10.2. The van der Waals surface area contributed by atoms with E-state index < -0.39 is 0 Å². The second kappa shape index (κ2) is 7.50. The molecule has 1 fully saturated rings. The number of benzene rings is 1. The first kappa shape index (κ1) is 15.1. The van der Waals surface area contributed by atoms with Gasteiger partial charge in [-0.2, -0.15) is 0 Å². The third-order valence-electron chi connectivity index (χ3n) is 3.04. The van der Waals surface area contributed by atoms with Crippen molar-refractivity contribution < 1.29 is 14.3 Å². The highest BCUT2D eigenvalue weighted by Gasteiger charge is 2.37. The van der Waals surface area contributed by atoms with E-state index in [1.54, 1.807) is 4.90 Å². The lowest BCUT2D eigenvalue weighted by Gasteiger charge is -2.25. The van der Waals surface area contributed by atoms with Gasteiger partial charge in [0.2, 0.25) is 0 Å². The number of ether oxygens (including phenoxy) is 2. The average molecular weight is 385 g/mol. The summed E-state index contributed by atoms with van der Waals surface area (Å²) in [5, 5.41) is 0. The molecule has 2 atom stereocenters. The maximum absolute atomic E-state index is 12.1. The minimum absolute atomic E-state index is 0.201. The van der Waals surface area contributed by atoms with E-state index in [0.717, 1.165) is 12.0 Å². The topological polar surface area (TPSA) is 38.8 Å². The molecule has 0 N–H and O–H groups in total. The molecule has 0 aliphatic carbocycles. The van der Waals surface area contributed by atoms with Crippen LogP contribution >= 0.6 is 22.6 Å². The highest BCUT2D eigenvalue weighted by Crippen LogP contribution is 2.26. The lowest BCUT2D eigenvalue weighted by Crippen LogP contribution is -2.40. The highest BCUT2D eigenvalue weighted by atomic mass is 127. The predicted molar refractivity (Wildman–Crippen MR) is 84.3 cm³/mol. The van der Waals surface area contributed by atoms with Crippen LogP contribution in [-0.4, -0.2) is 34.3 Å². The molecule has 0 unspecified atom stereocenters. The quantitative estimate of drug-likeness (QED) is 0.455.